The van der Waals surface area contributed by atoms with Crippen molar-refractivity contribution in [2.75, 3.05) is 25.0 Å². The molecule has 1 saturated carbocycles. The van der Waals surface area contributed by atoms with E-state index in [2.05, 4.69) is 42.4 Å². The Morgan fingerprint density at radius 2 is 2.22 bits per heavy atom. The summed E-state index contributed by atoms with van der Waals surface area (Å²) in [6.45, 7) is 4.60. The van der Waals surface area contributed by atoms with E-state index >= 15 is 0 Å². The number of nitrogens with zero attached hydrogens (tertiary/aromatic N) is 1. The summed E-state index contributed by atoms with van der Waals surface area (Å²) in [5.41, 5.74) is 4.42. The molecule has 2 heteroatoms. The van der Waals surface area contributed by atoms with Crippen molar-refractivity contribution in [1.82, 2.24) is 5.32 Å². The first-order valence-corrected chi connectivity index (χ1v) is 7.29. The van der Waals surface area contributed by atoms with Crippen LogP contribution in [0.4, 0.5) is 5.69 Å². The van der Waals surface area contributed by atoms with Crippen LogP contribution in [0.25, 0.3) is 0 Å². The van der Waals surface area contributed by atoms with Gasteiger partial charge >= 0.3 is 0 Å². The van der Waals surface area contributed by atoms with Crippen LogP contribution < -0.4 is 10.2 Å². The first-order chi connectivity index (χ1) is 8.78. The zero-order chi connectivity index (χ0) is 12.5. The van der Waals surface area contributed by atoms with Gasteiger partial charge in [-0.2, -0.15) is 0 Å². The highest BCUT2D eigenvalue weighted by atomic mass is 15.2. The van der Waals surface area contributed by atoms with Crippen LogP contribution in [-0.4, -0.2) is 26.2 Å². The highest BCUT2D eigenvalue weighted by Gasteiger charge is 2.32. The van der Waals surface area contributed by atoms with Crippen LogP contribution in [0.2, 0.25) is 0 Å². The smallest absolute Gasteiger partial charge is 0.0399 e. The lowest BCUT2D eigenvalue weighted by Gasteiger charge is -2.34. The number of benzene rings is 1. The lowest BCUT2D eigenvalue weighted by atomic mass is 9.98. The fourth-order valence-corrected chi connectivity index (χ4v) is 3.21. The number of hydrogen-bond acceptors (Lipinski definition) is 2. The molecule has 98 valence electrons. The van der Waals surface area contributed by atoms with Crippen LogP contribution in [0.15, 0.2) is 18.2 Å². The van der Waals surface area contributed by atoms with E-state index in [0.717, 1.165) is 5.92 Å². The van der Waals surface area contributed by atoms with Crippen molar-refractivity contribution in [2.24, 2.45) is 5.92 Å². The Kier molecular flexibility index (Phi) is 3.29. The van der Waals surface area contributed by atoms with E-state index in [4.69, 9.17) is 0 Å². The summed E-state index contributed by atoms with van der Waals surface area (Å²) >= 11 is 0. The highest BCUT2D eigenvalue weighted by molar-refractivity contribution is 5.56. The van der Waals surface area contributed by atoms with Gasteiger partial charge in [-0.3, -0.25) is 0 Å². The topological polar surface area (TPSA) is 15.3 Å². The fraction of sp³-hybridized carbons (Fsp3) is 0.625. The molecule has 0 bridgehead atoms. The fourth-order valence-electron chi connectivity index (χ4n) is 3.21. The molecule has 0 saturated heterocycles. The molecule has 1 aromatic carbocycles. The van der Waals surface area contributed by atoms with Crippen LogP contribution in [0.1, 0.15) is 30.4 Å². The molecular weight excluding hydrogens is 220 g/mol. The van der Waals surface area contributed by atoms with Crippen LogP contribution in [0.5, 0.6) is 0 Å². The summed E-state index contributed by atoms with van der Waals surface area (Å²) in [6.07, 6.45) is 5.39. The van der Waals surface area contributed by atoms with E-state index in [9.17, 15) is 0 Å². The standard InChI is InChI=1S/C16H24N2/c1-12-5-8-16-14(10-12)4-3-9-18(16)11-15(17-2)13-6-7-13/h5,8,10,13,15,17H,3-4,6-7,9,11H2,1-2H3. The summed E-state index contributed by atoms with van der Waals surface area (Å²) < 4.78 is 0. The summed E-state index contributed by atoms with van der Waals surface area (Å²) in [5.74, 6) is 0.922. The molecule has 18 heavy (non-hydrogen) atoms. The molecule has 1 aliphatic heterocycles. The van der Waals surface area contributed by atoms with E-state index in [1.807, 2.05) is 0 Å². The van der Waals surface area contributed by atoms with Gasteiger partial charge in [-0.25, -0.2) is 0 Å². The van der Waals surface area contributed by atoms with Crippen molar-refractivity contribution >= 4 is 5.69 Å². The third kappa shape index (κ3) is 2.39. The largest absolute Gasteiger partial charge is 0.370 e. The lowest BCUT2D eigenvalue weighted by Crippen LogP contribution is -2.43. The van der Waals surface area contributed by atoms with Gasteiger partial charge in [-0.1, -0.05) is 17.7 Å². The Balaban J connectivity index is 1.78. The summed E-state index contributed by atoms with van der Waals surface area (Å²) in [5, 5.41) is 3.51. The number of rotatable bonds is 4. The van der Waals surface area contributed by atoms with Crippen molar-refractivity contribution in [3.05, 3.63) is 29.3 Å². The number of aryl methyl sites for hydroxylation is 2. The van der Waals surface area contributed by atoms with E-state index in [-0.39, 0.29) is 0 Å². The van der Waals surface area contributed by atoms with Crippen molar-refractivity contribution in [3.8, 4) is 0 Å². The average Bonchev–Trinajstić information content (AvgIpc) is 3.19. The Morgan fingerprint density at radius 1 is 1.39 bits per heavy atom. The SMILES string of the molecule is CNC(CN1CCCc2cc(C)ccc21)C1CC1. The Morgan fingerprint density at radius 3 is 2.94 bits per heavy atom. The molecule has 1 aliphatic carbocycles. The molecule has 0 radical (unpaired) electrons. The first-order valence-electron chi connectivity index (χ1n) is 7.29. The van der Waals surface area contributed by atoms with Gasteiger partial charge in [-0.15, -0.1) is 0 Å². The van der Waals surface area contributed by atoms with Crippen LogP contribution >= 0.6 is 0 Å². The van der Waals surface area contributed by atoms with Crippen molar-refractivity contribution < 1.29 is 0 Å². The van der Waals surface area contributed by atoms with Gasteiger partial charge < -0.3 is 10.2 Å². The van der Waals surface area contributed by atoms with Crippen LogP contribution in [0.3, 0.4) is 0 Å². The number of anilines is 1. The molecule has 2 nitrogen and oxygen atoms in total. The van der Waals surface area contributed by atoms with Gasteiger partial charge in [0.25, 0.3) is 0 Å². The quantitative estimate of drug-likeness (QED) is 0.876. The molecule has 2 aliphatic rings. The number of nitrogens with one attached hydrogen (secondary N) is 1. The predicted molar refractivity (Wildman–Crippen MR) is 77.3 cm³/mol. The van der Waals surface area contributed by atoms with Gasteiger partial charge in [0.1, 0.15) is 0 Å². The van der Waals surface area contributed by atoms with Crippen molar-refractivity contribution in [2.45, 2.75) is 38.6 Å². The molecule has 1 heterocycles. The summed E-state index contributed by atoms with van der Waals surface area (Å²) in [4.78, 5) is 2.60. The maximum Gasteiger partial charge on any atom is 0.0399 e. The molecule has 1 fully saturated rings. The third-order valence-corrected chi connectivity index (χ3v) is 4.43. The molecule has 1 atom stereocenters. The molecule has 0 spiro atoms. The summed E-state index contributed by atoms with van der Waals surface area (Å²) in [7, 11) is 2.11. The summed E-state index contributed by atoms with van der Waals surface area (Å²) in [6, 6.07) is 7.62. The average molecular weight is 244 g/mol. The van der Waals surface area contributed by atoms with Crippen molar-refractivity contribution in [1.29, 1.82) is 0 Å². The first kappa shape index (κ1) is 12.0. The number of likely N-dealkylation sites (N-methyl/N-ethyl adjacent to an activating group) is 1. The highest BCUT2D eigenvalue weighted by Crippen LogP contribution is 2.35. The minimum Gasteiger partial charge on any atom is -0.370 e. The number of hydrogen-bond donors (Lipinski definition) is 1. The normalized spacial score (nSPS) is 20.7. The molecule has 1 aromatic rings. The van der Waals surface area contributed by atoms with E-state index < -0.39 is 0 Å². The van der Waals surface area contributed by atoms with Crippen LogP contribution in [-0.2, 0) is 6.42 Å². The molecular formula is C16H24N2. The van der Waals surface area contributed by atoms with Gasteiger partial charge in [0.05, 0.1) is 0 Å². The lowest BCUT2D eigenvalue weighted by molar-refractivity contribution is 0.486. The molecule has 3 rings (SSSR count). The maximum absolute atomic E-state index is 3.51. The number of fused-ring (bicyclic) bond motifs is 1. The molecule has 1 N–H and O–H groups in total. The van der Waals surface area contributed by atoms with Gasteiger partial charge in [0, 0.05) is 24.8 Å². The van der Waals surface area contributed by atoms with E-state index in [1.54, 1.807) is 5.56 Å². The third-order valence-electron chi connectivity index (χ3n) is 4.43. The molecule has 1 unspecified atom stereocenters. The zero-order valence-corrected chi connectivity index (χ0v) is 11.6. The van der Waals surface area contributed by atoms with Crippen molar-refractivity contribution in [3.63, 3.8) is 0 Å². The van der Waals surface area contributed by atoms with E-state index in [0.29, 0.717) is 6.04 Å². The maximum atomic E-state index is 3.51. The van der Waals surface area contributed by atoms with Gasteiger partial charge in [0.2, 0.25) is 0 Å². The van der Waals surface area contributed by atoms with Gasteiger partial charge in [-0.05, 0) is 57.2 Å². The van der Waals surface area contributed by atoms with Gasteiger partial charge in [0.15, 0.2) is 0 Å². The zero-order valence-electron chi connectivity index (χ0n) is 11.6. The minimum absolute atomic E-state index is 0.678. The molecule has 0 aromatic heterocycles. The monoisotopic (exact) mass is 244 g/mol. The minimum atomic E-state index is 0.678. The predicted octanol–water partition coefficient (Wildman–Crippen LogP) is 2.75. The Labute approximate surface area is 110 Å². The Hall–Kier alpha value is -1.02. The Bertz CT molecular complexity index is 423. The molecule has 0 amide bonds. The second-order valence-corrected chi connectivity index (χ2v) is 5.91. The van der Waals surface area contributed by atoms with Crippen LogP contribution in [0, 0.1) is 12.8 Å². The second-order valence-electron chi connectivity index (χ2n) is 5.91. The van der Waals surface area contributed by atoms with E-state index in [1.165, 1.54) is 50.0 Å². The second kappa shape index (κ2) is 4.93.